The molecule has 142 valence electrons. The van der Waals surface area contributed by atoms with Gasteiger partial charge in [-0.15, -0.1) is 0 Å². The van der Waals surface area contributed by atoms with Gasteiger partial charge < -0.3 is 25.8 Å². The van der Waals surface area contributed by atoms with Crippen molar-refractivity contribution in [2.24, 2.45) is 17.6 Å². The van der Waals surface area contributed by atoms with E-state index < -0.39 is 24.2 Å². The van der Waals surface area contributed by atoms with Gasteiger partial charge in [0.25, 0.3) is 0 Å². The Labute approximate surface area is 152 Å². The van der Waals surface area contributed by atoms with Crippen molar-refractivity contribution in [3.8, 4) is 0 Å². The van der Waals surface area contributed by atoms with Crippen LogP contribution in [0.3, 0.4) is 0 Å². The largest absolute Gasteiger partial charge is 0.480 e. The Bertz CT molecular complexity index is 514. The summed E-state index contributed by atoms with van der Waals surface area (Å²) in [6, 6.07) is -0.831. The van der Waals surface area contributed by atoms with Crippen LogP contribution in [-0.4, -0.2) is 63.3 Å². The van der Waals surface area contributed by atoms with Crippen LogP contribution in [0.25, 0.3) is 0 Å². The Morgan fingerprint density at radius 3 is 2.80 bits per heavy atom. The summed E-state index contributed by atoms with van der Waals surface area (Å²) in [5.41, 5.74) is 6.68. The number of fused-ring (bicyclic) bond motifs is 6. The molecule has 2 aliphatic carbocycles. The van der Waals surface area contributed by atoms with Crippen molar-refractivity contribution in [3.05, 3.63) is 11.6 Å². The Kier molecular flexibility index (Phi) is 6.44. The maximum atomic E-state index is 10.8. The summed E-state index contributed by atoms with van der Waals surface area (Å²) in [7, 11) is 0. The lowest BCUT2D eigenvalue weighted by atomic mass is 9.83. The summed E-state index contributed by atoms with van der Waals surface area (Å²) in [5, 5.41) is 30.0. The number of aliphatic hydroxyl groups excluding tert-OH is 2. The van der Waals surface area contributed by atoms with Crippen LogP contribution in [-0.2, 0) is 9.53 Å². The third-order valence-electron chi connectivity index (χ3n) is 5.66. The van der Waals surface area contributed by atoms with Crippen LogP contribution in [0.15, 0.2) is 11.6 Å². The minimum atomic E-state index is -0.976. The Morgan fingerprint density at radius 1 is 1.28 bits per heavy atom. The normalized spacial score (nSPS) is 39.1. The van der Waals surface area contributed by atoms with Gasteiger partial charge in [-0.2, -0.15) is 11.8 Å². The van der Waals surface area contributed by atoms with Crippen LogP contribution in [0.4, 0.5) is 0 Å². The molecule has 0 aromatic heterocycles. The Hall–Kier alpha value is -0.600. The smallest absolute Gasteiger partial charge is 0.320 e. The number of carboxylic acids is 1. The van der Waals surface area contributed by atoms with Crippen molar-refractivity contribution in [2.75, 3.05) is 11.5 Å². The van der Waals surface area contributed by atoms with Gasteiger partial charge in [0.2, 0.25) is 0 Å². The molecular weight excluding hydrogens is 342 g/mol. The maximum Gasteiger partial charge on any atom is 0.320 e. The van der Waals surface area contributed by atoms with Crippen LogP contribution in [0.1, 0.15) is 38.5 Å². The van der Waals surface area contributed by atoms with Crippen molar-refractivity contribution < 1.29 is 24.9 Å². The Morgan fingerprint density at radius 2 is 2.04 bits per heavy atom. The summed E-state index contributed by atoms with van der Waals surface area (Å²) in [5.74, 6) is 0.728. The molecule has 4 rings (SSSR count). The molecule has 7 unspecified atom stereocenters. The summed E-state index contributed by atoms with van der Waals surface area (Å²) < 4.78 is 6.23. The summed E-state index contributed by atoms with van der Waals surface area (Å²) in [6.45, 7) is 0. The molecule has 2 heterocycles. The minimum absolute atomic E-state index is 0.0669. The van der Waals surface area contributed by atoms with Crippen molar-refractivity contribution >= 4 is 17.7 Å². The van der Waals surface area contributed by atoms with E-state index in [1.807, 2.05) is 0 Å². The van der Waals surface area contributed by atoms with E-state index in [0.29, 0.717) is 23.8 Å². The van der Waals surface area contributed by atoms with Crippen LogP contribution in [0.2, 0.25) is 0 Å². The van der Waals surface area contributed by atoms with Crippen molar-refractivity contribution in [2.45, 2.75) is 69.0 Å². The van der Waals surface area contributed by atoms with Crippen LogP contribution in [0.5, 0.6) is 0 Å². The fourth-order valence-electron chi connectivity index (χ4n) is 4.01. The summed E-state index contributed by atoms with van der Waals surface area (Å²) in [4.78, 5) is 10.8. The predicted molar refractivity (Wildman–Crippen MR) is 96.4 cm³/mol. The molecule has 7 atom stereocenters. The molecule has 0 amide bonds. The standard InChI is InChI=1S/C18H29NO5S/c19-13(18(22)23)6-7-25-9-14-11-5-3-1-2-4-10-8-12(10)17(24-14)16(21)15(11)20/h8,10-11,13-17,20-21H,1-7,9,19H2,(H,22,23). The molecule has 1 saturated carbocycles. The molecule has 2 saturated heterocycles. The first-order valence-electron chi connectivity index (χ1n) is 9.28. The van der Waals surface area contributed by atoms with Crippen LogP contribution in [0, 0.1) is 11.8 Å². The number of thioether (sulfide) groups is 1. The molecule has 0 spiro atoms. The minimum Gasteiger partial charge on any atom is -0.480 e. The number of allylic oxidation sites excluding steroid dienone is 1. The number of hydrogen-bond donors (Lipinski definition) is 4. The first-order chi connectivity index (χ1) is 12.0. The van der Waals surface area contributed by atoms with Crippen molar-refractivity contribution in [3.63, 3.8) is 0 Å². The van der Waals surface area contributed by atoms with E-state index >= 15 is 0 Å². The first kappa shape index (κ1) is 19.2. The number of rotatable bonds is 6. The highest BCUT2D eigenvalue weighted by Gasteiger charge is 2.48. The molecule has 5 N–H and O–H groups in total. The number of carboxylic acid groups (broad SMARTS) is 1. The number of nitrogens with two attached hydrogens (primary N) is 1. The molecular formula is C18H29NO5S. The van der Waals surface area contributed by atoms with Gasteiger partial charge in [0.15, 0.2) is 0 Å². The predicted octanol–water partition coefficient (Wildman–Crippen LogP) is 1.15. The van der Waals surface area contributed by atoms with Gasteiger partial charge in [-0.05, 0) is 30.6 Å². The van der Waals surface area contributed by atoms with Crippen LogP contribution >= 0.6 is 11.8 Å². The lowest BCUT2D eigenvalue weighted by Crippen LogP contribution is -2.55. The summed E-state index contributed by atoms with van der Waals surface area (Å²) >= 11 is 1.62. The van der Waals surface area contributed by atoms with Crippen LogP contribution < -0.4 is 5.73 Å². The highest BCUT2D eigenvalue weighted by Crippen LogP contribution is 2.44. The van der Waals surface area contributed by atoms with Crippen molar-refractivity contribution in [1.82, 2.24) is 0 Å². The van der Waals surface area contributed by atoms with E-state index in [1.54, 1.807) is 11.8 Å². The van der Waals surface area contributed by atoms with E-state index in [-0.39, 0.29) is 18.1 Å². The quantitative estimate of drug-likeness (QED) is 0.409. The fraction of sp³-hybridized carbons (Fsp3) is 0.833. The monoisotopic (exact) mass is 371 g/mol. The molecule has 0 aromatic carbocycles. The Balaban J connectivity index is 1.59. The highest BCUT2D eigenvalue weighted by atomic mass is 32.2. The topological polar surface area (TPSA) is 113 Å². The molecule has 2 bridgehead atoms. The van der Waals surface area contributed by atoms with Crippen molar-refractivity contribution in [1.29, 1.82) is 0 Å². The zero-order valence-corrected chi connectivity index (χ0v) is 15.2. The second-order valence-corrected chi connectivity index (χ2v) is 8.61. The number of aliphatic hydroxyl groups is 2. The van der Waals surface area contributed by atoms with E-state index in [1.165, 1.54) is 6.42 Å². The van der Waals surface area contributed by atoms with E-state index in [9.17, 15) is 15.0 Å². The number of ether oxygens (including phenoxy) is 1. The van der Waals surface area contributed by atoms with Gasteiger partial charge >= 0.3 is 5.97 Å². The van der Waals surface area contributed by atoms with E-state index in [2.05, 4.69) is 6.08 Å². The first-order valence-corrected chi connectivity index (χ1v) is 10.4. The highest BCUT2D eigenvalue weighted by molar-refractivity contribution is 7.99. The average molecular weight is 371 g/mol. The SMILES string of the molecule is NC(CCSCC1OC2C3=CC3CCCCCC1C(O)C2O)C(=O)O. The van der Waals surface area contributed by atoms with Gasteiger partial charge in [0.1, 0.15) is 18.2 Å². The zero-order valence-electron chi connectivity index (χ0n) is 14.4. The second-order valence-electron chi connectivity index (χ2n) is 7.46. The van der Waals surface area contributed by atoms with Gasteiger partial charge in [-0.1, -0.05) is 25.3 Å². The van der Waals surface area contributed by atoms with Gasteiger partial charge in [-0.3, -0.25) is 4.79 Å². The molecule has 0 radical (unpaired) electrons. The average Bonchev–Trinajstić information content (AvgIpc) is 3.34. The van der Waals surface area contributed by atoms with Gasteiger partial charge in [-0.25, -0.2) is 0 Å². The number of carbonyl (C=O) groups is 1. The third kappa shape index (κ3) is 4.57. The third-order valence-corrected chi connectivity index (χ3v) is 6.75. The molecule has 0 aromatic rings. The molecule has 7 heteroatoms. The molecule has 2 aliphatic heterocycles. The molecule has 25 heavy (non-hydrogen) atoms. The molecule has 6 nitrogen and oxygen atoms in total. The maximum absolute atomic E-state index is 10.8. The van der Waals surface area contributed by atoms with Gasteiger partial charge in [0.05, 0.1) is 12.2 Å². The van der Waals surface area contributed by atoms with E-state index in [4.69, 9.17) is 15.6 Å². The number of aliphatic carboxylic acids is 1. The zero-order chi connectivity index (χ0) is 18.0. The lowest BCUT2D eigenvalue weighted by Gasteiger charge is -2.43. The number of hydrogen-bond acceptors (Lipinski definition) is 6. The lowest BCUT2D eigenvalue weighted by molar-refractivity contribution is -0.182. The van der Waals surface area contributed by atoms with Gasteiger partial charge in [0, 0.05) is 17.6 Å². The molecule has 4 aliphatic rings. The molecule has 3 fully saturated rings. The second kappa shape index (κ2) is 8.39. The van der Waals surface area contributed by atoms with E-state index in [0.717, 1.165) is 31.3 Å². The fourth-order valence-corrected chi connectivity index (χ4v) is 5.16. The summed E-state index contributed by atoms with van der Waals surface area (Å²) in [6.07, 6.45) is 5.82.